The minimum atomic E-state index is -1.13. The van der Waals surface area contributed by atoms with Crippen LogP contribution in [0.2, 0.25) is 0 Å². The van der Waals surface area contributed by atoms with E-state index in [4.69, 9.17) is 0 Å². The molecule has 2 aromatic rings. The van der Waals surface area contributed by atoms with E-state index < -0.39 is 11.9 Å². The zero-order valence-electron chi connectivity index (χ0n) is 10.4. The molecule has 0 unspecified atom stereocenters. The normalized spacial score (nSPS) is 8.42. The molecule has 0 saturated heterocycles. The molecule has 5 heteroatoms. The first kappa shape index (κ1) is 17.4. The molecule has 0 aromatic heterocycles. The topological polar surface area (TPSA) is 80.3 Å². The Bertz CT molecular complexity index is 462. The van der Waals surface area contributed by atoms with Crippen LogP contribution in [0, 0.1) is 0 Å². The summed E-state index contributed by atoms with van der Waals surface area (Å²) in [4.78, 5) is 20.2. The molecule has 0 saturated carbocycles. The summed E-state index contributed by atoms with van der Waals surface area (Å²) in [6.45, 7) is 0. The molecule has 0 N–H and O–H groups in total. The summed E-state index contributed by atoms with van der Waals surface area (Å²) in [5, 5.41) is 20.2. The van der Waals surface area contributed by atoms with Crippen molar-refractivity contribution in [3.05, 3.63) is 71.8 Å². The van der Waals surface area contributed by atoms with E-state index in [1.807, 2.05) is 0 Å². The van der Waals surface area contributed by atoms with Gasteiger partial charge in [-0.3, -0.25) is 0 Å². The summed E-state index contributed by atoms with van der Waals surface area (Å²) in [6.07, 6.45) is 0. The van der Waals surface area contributed by atoms with E-state index in [0.717, 1.165) is 0 Å². The van der Waals surface area contributed by atoms with Crippen molar-refractivity contribution in [3.8, 4) is 0 Å². The monoisotopic (exact) mass is 265 g/mol. The molecule has 4 nitrogen and oxygen atoms in total. The van der Waals surface area contributed by atoms with Crippen LogP contribution in [0.15, 0.2) is 60.7 Å². The average molecular weight is 265 g/mol. The zero-order valence-corrected chi connectivity index (χ0v) is 12.4. The predicted molar refractivity (Wildman–Crippen MR) is 61.5 cm³/mol. The Balaban J connectivity index is 0.000000324. The smallest absolute Gasteiger partial charge is 0.545 e. The number of carbonyl (C=O) groups is 2. The van der Waals surface area contributed by atoms with Gasteiger partial charge in [-0.25, -0.2) is 0 Å². The van der Waals surface area contributed by atoms with Gasteiger partial charge in [0.1, 0.15) is 0 Å². The van der Waals surface area contributed by atoms with E-state index in [9.17, 15) is 19.8 Å². The van der Waals surface area contributed by atoms with Crippen LogP contribution >= 0.6 is 0 Å². The minimum Gasteiger partial charge on any atom is -0.545 e. The Hall–Kier alpha value is -1.62. The Morgan fingerprint density at radius 2 is 0.895 bits per heavy atom. The molecule has 0 amide bonds. The van der Waals surface area contributed by atoms with Gasteiger partial charge in [0.05, 0.1) is 11.9 Å². The number of hydrogen-bond acceptors (Lipinski definition) is 4. The van der Waals surface area contributed by atoms with Gasteiger partial charge in [-0.1, -0.05) is 60.7 Å². The van der Waals surface area contributed by atoms with Gasteiger partial charge in [0, 0.05) is 0 Å². The Kier molecular flexibility index (Phi) is 8.53. The zero-order chi connectivity index (χ0) is 13.4. The van der Waals surface area contributed by atoms with Crippen molar-refractivity contribution in [1.82, 2.24) is 0 Å². The van der Waals surface area contributed by atoms with Crippen molar-refractivity contribution in [2.24, 2.45) is 0 Å². The summed E-state index contributed by atoms with van der Waals surface area (Å²) in [7, 11) is 0. The number of carboxylic acids is 2. The van der Waals surface area contributed by atoms with Gasteiger partial charge < -0.3 is 19.8 Å². The molecule has 0 fully saturated rings. The van der Waals surface area contributed by atoms with Crippen LogP contribution in [-0.2, 0) is 0 Å². The van der Waals surface area contributed by atoms with Gasteiger partial charge in [0.25, 0.3) is 0 Å². The maximum Gasteiger partial charge on any atom is 1.00 e. The van der Waals surface area contributed by atoms with E-state index in [-0.39, 0.29) is 40.7 Å². The minimum absolute atomic E-state index is 0. The summed E-state index contributed by atoms with van der Waals surface area (Å²) in [5.74, 6) is -2.26. The summed E-state index contributed by atoms with van der Waals surface area (Å²) < 4.78 is 0. The van der Waals surface area contributed by atoms with Crippen LogP contribution < -0.4 is 39.8 Å². The van der Waals surface area contributed by atoms with Gasteiger partial charge >= 0.3 is 29.6 Å². The first-order valence-corrected chi connectivity index (χ1v) is 5.14. The maximum absolute atomic E-state index is 10.1. The molecule has 19 heavy (non-hydrogen) atoms. The SMILES string of the molecule is O=C([O-])c1ccccc1.O=C([O-])c1ccccc1.[Na+]. The molecule has 0 aliphatic carbocycles. The first-order chi connectivity index (χ1) is 8.61. The fourth-order valence-corrected chi connectivity index (χ4v) is 1.15. The van der Waals surface area contributed by atoms with Gasteiger partial charge in [0.15, 0.2) is 0 Å². The summed E-state index contributed by atoms with van der Waals surface area (Å²) >= 11 is 0. The molecule has 0 aliphatic heterocycles. The van der Waals surface area contributed by atoms with Gasteiger partial charge in [-0.2, -0.15) is 0 Å². The second-order valence-corrected chi connectivity index (χ2v) is 3.31. The van der Waals surface area contributed by atoms with Crippen molar-refractivity contribution >= 4 is 11.9 Å². The van der Waals surface area contributed by atoms with E-state index in [2.05, 4.69) is 0 Å². The number of benzene rings is 2. The molecule has 92 valence electrons. The molecule has 0 atom stereocenters. The fourth-order valence-electron chi connectivity index (χ4n) is 1.15. The van der Waals surface area contributed by atoms with E-state index in [1.165, 1.54) is 24.3 Å². The number of aromatic carboxylic acids is 2. The van der Waals surface area contributed by atoms with E-state index >= 15 is 0 Å². The number of carboxylic acid groups (broad SMARTS) is 2. The summed E-state index contributed by atoms with van der Waals surface area (Å²) in [6, 6.07) is 16.1. The molecule has 0 radical (unpaired) electrons. The van der Waals surface area contributed by atoms with Crippen molar-refractivity contribution in [1.29, 1.82) is 0 Å². The third-order valence-electron chi connectivity index (χ3n) is 2.02. The van der Waals surface area contributed by atoms with Crippen LogP contribution in [0.1, 0.15) is 20.7 Å². The molecular formula is C14H10NaO4-. The Morgan fingerprint density at radius 1 is 0.632 bits per heavy atom. The van der Waals surface area contributed by atoms with Gasteiger partial charge in [-0.15, -0.1) is 0 Å². The molecule has 0 aliphatic rings. The maximum atomic E-state index is 10.1. The van der Waals surface area contributed by atoms with Gasteiger partial charge in [0.2, 0.25) is 0 Å². The van der Waals surface area contributed by atoms with Crippen molar-refractivity contribution in [2.45, 2.75) is 0 Å². The second kappa shape index (κ2) is 9.33. The quantitative estimate of drug-likeness (QED) is 0.546. The van der Waals surface area contributed by atoms with Crippen molar-refractivity contribution in [2.75, 3.05) is 0 Å². The Morgan fingerprint density at radius 3 is 1.05 bits per heavy atom. The average Bonchev–Trinajstić information content (AvgIpc) is 2.41. The molecule has 0 spiro atoms. The van der Waals surface area contributed by atoms with Crippen molar-refractivity contribution < 1.29 is 49.4 Å². The van der Waals surface area contributed by atoms with Gasteiger partial charge in [-0.05, 0) is 11.1 Å². The van der Waals surface area contributed by atoms with E-state index in [0.29, 0.717) is 0 Å². The molecule has 0 bridgehead atoms. The van der Waals surface area contributed by atoms with Crippen LogP contribution in [0.5, 0.6) is 0 Å². The van der Waals surface area contributed by atoms with Crippen LogP contribution in [0.25, 0.3) is 0 Å². The molecule has 0 heterocycles. The van der Waals surface area contributed by atoms with Crippen LogP contribution in [-0.4, -0.2) is 11.9 Å². The third kappa shape index (κ3) is 6.76. The third-order valence-corrected chi connectivity index (χ3v) is 2.02. The number of rotatable bonds is 2. The van der Waals surface area contributed by atoms with Crippen LogP contribution in [0.3, 0.4) is 0 Å². The number of hydrogen-bond donors (Lipinski definition) is 0. The molecule has 2 aromatic carbocycles. The number of carbonyl (C=O) groups excluding carboxylic acids is 2. The molecular weight excluding hydrogens is 255 g/mol. The molecule has 2 rings (SSSR count). The van der Waals surface area contributed by atoms with Crippen molar-refractivity contribution in [3.63, 3.8) is 0 Å². The first-order valence-electron chi connectivity index (χ1n) is 5.14. The van der Waals surface area contributed by atoms with E-state index in [1.54, 1.807) is 36.4 Å². The predicted octanol–water partition coefficient (Wildman–Crippen LogP) is -2.90. The standard InChI is InChI=1S/2C7H6O2.Na/c2*8-7(9)6-4-2-1-3-5-6;/h2*1-5H,(H,8,9);/q;;+1/p-2. The fraction of sp³-hybridized carbons (Fsp3) is 0. The van der Waals surface area contributed by atoms with Crippen LogP contribution in [0.4, 0.5) is 0 Å². The Labute approximate surface area is 133 Å². The second-order valence-electron chi connectivity index (χ2n) is 3.31. The summed E-state index contributed by atoms with van der Waals surface area (Å²) in [5.41, 5.74) is 0.440. The largest absolute Gasteiger partial charge is 1.00 e.